The van der Waals surface area contributed by atoms with Gasteiger partial charge < -0.3 is 19.8 Å². The first-order valence-electron chi connectivity index (χ1n) is 12.1. The van der Waals surface area contributed by atoms with Crippen LogP contribution in [-0.2, 0) is 9.53 Å². The third-order valence-electron chi connectivity index (χ3n) is 6.24. The Hall–Kier alpha value is -3.23. The SMILES string of the molecule is Cc1cc(F)c(C(=O)N[C@@H]2CCC[C@H](C(=O)OC(C)(C)C)C2)cc1NC(=O)c1coc(C2CC2)n1. The van der Waals surface area contributed by atoms with Gasteiger partial charge in [-0.25, -0.2) is 9.37 Å². The van der Waals surface area contributed by atoms with Gasteiger partial charge in [-0.3, -0.25) is 14.4 Å². The van der Waals surface area contributed by atoms with Crippen LogP contribution in [-0.4, -0.2) is 34.4 Å². The lowest BCUT2D eigenvalue weighted by molar-refractivity contribution is -0.161. The first-order valence-corrected chi connectivity index (χ1v) is 12.1. The van der Waals surface area contributed by atoms with Crippen LogP contribution in [0.1, 0.15) is 97.5 Å². The van der Waals surface area contributed by atoms with Crippen molar-refractivity contribution in [3.63, 3.8) is 0 Å². The molecule has 0 radical (unpaired) electrons. The van der Waals surface area contributed by atoms with Crippen LogP contribution in [0, 0.1) is 18.7 Å². The van der Waals surface area contributed by atoms with Gasteiger partial charge >= 0.3 is 5.97 Å². The molecule has 8 nitrogen and oxygen atoms in total. The summed E-state index contributed by atoms with van der Waals surface area (Å²) in [6.45, 7) is 7.10. The smallest absolute Gasteiger partial charge is 0.309 e. The van der Waals surface area contributed by atoms with Crippen molar-refractivity contribution in [2.75, 3.05) is 5.32 Å². The van der Waals surface area contributed by atoms with Crippen LogP contribution in [0.15, 0.2) is 22.8 Å². The Morgan fingerprint density at radius 2 is 1.86 bits per heavy atom. The molecule has 0 unspecified atom stereocenters. The molecule has 0 saturated heterocycles. The molecule has 2 aromatic rings. The molecule has 0 bridgehead atoms. The monoisotopic (exact) mass is 485 g/mol. The maximum Gasteiger partial charge on any atom is 0.309 e. The molecule has 2 N–H and O–H groups in total. The fourth-order valence-electron chi connectivity index (χ4n) is 4.26. The van der Waals surface area contributed by atoms with E-state index in [0.717, 1.165) is 19.3 Å². The lowest BCUT2D eigenvalue weighted by Gasteiger charge is -2.31. The normalized spacial score (nSPS) is 20.3. The summed E-state index contributed by atoms with van der Waals surface area (Å²) in [7, 11) is 0. The van der Waals surface area contributed by atoms with E-state index in [-0.39, 0.29) is 35.1 Å². The van der Waals surface area contributed by atoms with Gasteiger partial charge in [0.1, 0.15) is 17.7 Å². The molecule has 188 valence electrons. The van der Waals surface area contributed by atoms with Crippen LogP contribution in [0.4, 0.5) is 10.1 Å². The van der Waals surface area contributed by atoms with Crippen molar-refractivity contribution in [2.24, 2.45) is 5.92 Å². The molecule has 2 fully saturated rings. The van der Waals surface area contributed by atoms with Crippen LogP contribution in [0.5, 0.6) is 0 Å². The Kier molecular flexibility index (Phi) is 6.96. The number of hydrogen-bond donors (Lipinski definition) is 2. The average Bonchev–Trinajstić information content (AvgIpc) is 3.50. The molecule has 1 aromatic heterocycles. The van der Waals surface area contributed by atoms with Crippen molar-refractivity contribution in [3.05, 3.63) is 46.9 Å². The molecule has 1 heterocycles. The number of nitrogens with one attached hydrogen (secondary N) is 2. The Morgan fingerprint density at radius 3 is 2.54 bits per heavy atom. The maximum absolute atomic E-state index is 14.7. The van der Waals surface area contributed by atoms with E-state index in [1.165, 1.54) is 18.4 Å². The molecule has 0 aliphatic heterocycles. The first kappa shape index (κ1) is 24.9. The van der Waals surface area contributed by atoms with Crippen molar-refractivity contribution in [2.45, 2.75) is 83.8 Å². The molecule has 9 heteroatoms. The minimum Gasteiger partial charge on any atom is -0.460 e. The van der Waals surface area contributed by atoms with E-state index in [0.29, 0.717) is 36.4 Å². The number of aryl methyl sites for hydroxylation is 1. The molecular formula is C26H32FN3O5. The molecule has 2 aliphatic rings. The summed E-state index contributed by atoms with van der Waals surface area (Å²) < 4.78 is 25.6. The highest BCUT2D eigenvalue weighted by Gasteiger charge is 2.32. The third kappa shape index (κ3) is 6.26. The van der Waals surface area contributed by atoms with E-state index >= 15 is 0 Å². The number of nitrogens with zero attached hydrogens (tertiary/aromatic N) is 1. The van der Waals surface area contributed by atoms with Crippen LogP contribution >= 0.6 is 0 Å². The Morgan fingerprint density at radius 1 is 1.11 bits per heavy atom. The van der Waals surface area contributed by atoms with Crippen molar-refractivity contribution in [3.8, 4) is 0 Å². The minimum atomic E-state index is -0.685. The summed E-state index contributed by atoms with van der Waals surface area (Å²) in [5.41, 5.74) is 0.166. The fraction of sp³-hybridized carbons (Fsp3) is 0.538. The standard InChI is InChI=1S/C26H32FN3O5/c1-14-10-19(27)18(12-20(14)29-23(32)21-13-34-24(30-21)15-8-9-15)22(31)28-17-7-5-6-16(11-17)25(33)35-26(2,3)4/h10,12-13,15-17H,5-9,11H2,1-4H3,(H,28,31)(H,29,32)/t16-,17+/m0/s1. The van der Waals surface area contributed by atoms with Gasteiger partial charge in [-0.1, -0.05) is 6.42 Å². The van der Waals surface area contributed by atoms with E-state index in [1.54, 1.807) is 6.92 Å². The predicted octanol–water partition coefficient (Wildman–Crippen LogP) is 4.88. The van der Waals surface area contributed by atoms with Gasteiger partial charge in [-0.2, -0.15) is 0 Å². The summed E-state index contributed by atoms with van der Waals surface area (Å²) in [4.78, 5) is 42.3. The zero-order chi connectivity index (χ0) is 25.3. The second kappa shape index (κ2) is 9.79. The zero-order valence-electron chi connectivity index (χ0n) is 20.6. The summed E-state index contributed by atoms with van der Waals surface area (Å²) in [5, 5.41) is 5.55. The van der Waals surface area contributed by atoms with Crippen LogP contribution in [0.3, 0.4) is 0 Å². The van der Waals surface area contributed by atoms with Crippen LogP contribution in [0.2, 0.25) is 0 Å². The number of anilines is 1. The van der Waals surface area contributed by atoms with E-state index in [2.05, 4.69) is 15.6 Å². The molecule has 2 aliphatic carbocycles. The van der Waals surface area contributed by atoms with Gasteiger partial charge in [0, 0.05) is 17.6 Å². The quantitative estimate of drug-likeness (QED) is 0.564. The van der Waals surface area contributed by atoms with Crippen molar-refractivity contribution in [1.29, 1.82) is 0 Å². The summed E-state index contributed by atoms with van der Waals surface area (Å²) in [5.74, 6) is -1.54. The number of carbonyl (C=O) groups is 3. The summed E-state index contributed by atoms with van der Waals surface area (Å²) >= 11 is 0. The second-order valence-corrected chi connectivity index (χ2v) is 10.5. The van der Waals surface area contributed by atoms with Crippen molar-refractivity contribution in [1.82, 2.24) is 10.3 Å². The van der Waals surface area contributed by atoms with Crippen molar-refractivity contribution < 1.29 is 27.9 Å². The number of benzene rings is 1. The number of oxazole rings is 1. The highest BCUT2D eigenvalue weighted by atomic mass is 19.1. The molecule has 35 heavy (non-hydrogen) atoms. The van der Waals surface area contributed by atoms with E-state index in [1.807, 2.05) is 20.8 Å². The Balaban J connectivity index is 1.42. The Bertz CT molecular complexity index is 1130. The number of rotatable bonds is 6. The van der Waals surface area contributed by atoms with Gasteiger partial charge in [-0.15, -0.1) is 0 Å². The topological polar surface area (TPSA) is 111 Å². The average molecular weight is 486 g/mol. The predicted molar refractivity (Wildman–Crippen MR) is 127 cm³/mol. The highest BCUT2D eigenvalue weighted by molar-refractivity contribution is 6.04. The molecular weight excluding hydrogens is 453 g/mol. The Labute approximate surface area is 204 Å². The van der Waals surface area contributed by atoms with Gasteiger partial charge in [0.15, 0.2) is 11.6 Å². The number of hydrogen-bond acceptors (Lipinski definition) is 6. The highest BCUT2D eigenvalue weighted by Crippen LogP contribution is 2.39. The molecule has 1 aromatic carbocycles. The molecule has 2 saturated carbocycles. The van der Waals surface area contributed by atoms with Gasteiger partial charge in [0.2, 0.25) is 0 Å². The van der Waals surface area contributed by atoms with Crippen LogP contribution < -0.4 is 10.6 Å². The van der Waals surface area contributed by atoms with E-state index < -0.39 is 23.2 Å². The van der Waals surface area contributed by atoms with Gasteiger partial charge in [0.25, 0.3) is 11.8 Å². The number of amides is 2. The lowest BCUT2D eigenvalue weighted by Crippen LogP contribution is -2.41. The number of esters is 1. The molecule has 2 amide bonds. The van der Waals surface area contributed by atoms with E-state index in [4.69, 9.17) is 9.15 Å². The van der Waals surface area contributed by atoms with Crippen molar-refractivity contribution >= 4 is 23.5 Å². The maximum atomic E-state index is 14.7. The zero-order valence-corrected chi connectivity index (χ0v) is 20.6. The first-order chi connectivity index (χ1) is 16.5. The number of carbonyl (C=O) groups excluding carboxylic acids is 3. The van der Waals surface area contributed by atoms with Gasteiger partial charge in [0.05, 0.1) is 11.5 Å². The fourth-order valence-corrected chi connectivity index (χ4v) is 4.26. The number of ether oxygens (including phenoxy) is 1. The molecule has 2 atom stereocenters. The molecule has 0 spiro atoms. The third-order valence-corrected chi connectivity index (χ3v) is 6.24. The summed E-state index contributed by atoms with van der Waals surface area (Å²) in [6.07, 6.45) is 5.88. The molecule has 4 rings (SSSR count). The minimum absolute atomic E-state index is 0.136. The van der Waals surface area contributed by atoms with Gasteiger partial charge in [-0.05, 0) is 77.5 Å². The largest absolute Gasteiger partial charge is 0.460 e. The van der Waals surface area contributed by atoms with E-state index in [9.17, 15) is 18.8 Å². The van der Waals surface area contributed by atoms with Crippen LogP contribution in [0.25, 0.3) is 0 Å². The summed E-state index contributed by atoms with van der Waals surface area (Å²) in [6, 6.07) is 2.27. The second-order valence-electron chi connectivity index (χ2n) is 10.5. The lowest BCUT2D eigenvalue weighted by atomic mass is 9.85. The number of aromatic nitrogens is 1. The number of halogens is 1.